The van der Waals surface area contributed by atoms with E-state index in [4.69, 9.17) is 33.2 Å². The molecule has 7 N–H and O–H groups in total. The molecule has 0 radical (unpaired) electrons. The third-order valence-corrected chi connectivity index (χ3v) is 8.29. The number of nitrogen functional groups attached to an aromatic ring is 1. The number of nitrogens with two attached hydrogens (primary N) is 2. The molecule has 4 atom stereocenters. The van der Waals surface area contributed by atoms with Crippen LogP contribution in [0.15, 0.2) is 36.4 Å². The fourth-order valence-corrected chi connectivity index (χ4v) is 5.85. The molecule has 4 rings (SSSR count). The number of amides is 2. The molecule has 3 heterocycles. The van der Waals surface area contributed by atoms with Gasteiger partial charge in [-0.1, -0.05) is 23.7 Å². The molecule has 2 unspecified atom stereocenters. The third-order valence-electron chi connectivity index (χ3n) is 6.91. The van der Waals surface area contributed by atoms with Crippen LogP contribution in [0.2, 0.25) is 5.02 Å². The van der Waals surface area contributed by atoms with Gasteiger partial charge >= 0.3 is 0 Å². The molecule has 37 heavy (non-hydrogen) atoms. The van der Waals surface area contributed by atoms with Gasteiger partial charge in [-0.2, -0.15) is 0 Å². The molecular weight excluding hydrogens is 512 g/mol. The van der Waals surface area contributed by atoms with Crippen molar-refractivity contribution in [3.05, 3.63) is 56.7 Å². The second kappa shape index (κ2) is 12.8. The van der Waals surface area contributed by atoms with Crippen molar-refractivity contribution in [3.63, 3.8) is 0 Å². The van der Waals surface area contributed by atoms with Crippen LogP contribution in [-0.4, -0.2) is 60.4 Å². The summed E-state index contributed by atoms with van der Waals surface area (Å²) in [6, 6.07) is 9.69. The number of rotatable bonds is 10. The minimum atomic E-state index is -0.662. The van der Waals surface area contributed by atoms with Crippen molar-refractivity contribution in [2.24, 2.45) is 17.4 Å². The maximum Gasteiger partial charge on any atom is 0.243 e. The monoisotopic (exact) mass is 546 g/mol. The predicted molar refractivity (Wildman–Crippen MR) is 146 cm³/mol. The smallest absolute Gasteiger partial charge is 0.243 e. The highest BCUT2D eigenvalue weighted by Crippen LogP contribution is 2.25. The topological polar surface area (TPSA) is 147 Å². The molecule has 2 aliphatic heterocycles. The van der Waals surface area contributed by atoms with Gasteiger partial charge in [0.15, 0.2) is 0 Å². The number of hydrogen-bond donors (Lipinski definition) is 5. The van der Waals surface area contributed by atoms with E-state index in [-0.39, 0.29) is 23.8 Å². The fraction of sp³-hybridized carbons (Fsp3) is 0.500. The number of carbonyl (C=O) groups excluding carboxylic acids is 2. The second-order valence-corrected chi connectivity index (χ2v) is 11.4. The Balaban J connectivity index is 1.40. The second-order valence-electron chi connectivity index (χ2n) is 9.75. The van der Waals surface area contributed by atoms with E-state index in [1.54, 1.807) is 11.0 Å². The van der Waals surface area contributed by atoms with Gasteiger partial charge in [-0.05, 0) is 68.1 Å². The minimum Gasteiger partial charge on any atom is -0.383 e. The third kappa shape index (κ3) is 7.52. The van der Waals surface area contributed by atoms with Gasteiger partial charge in [0.2, 0.25) is 11.8 Å². The lowest BCUT2D eigenvalue weighted by Gasteiger charge is -2.29. The van der Waals surface area contributed by atoms with Crippen LogP contribution in [0.1, 0.15) is 41.0 Å². The van der Waals surface area contributed by atoms with E-state index in [1.165, 1.54) is 11.3 Å². The van der Waals surface area contributed by atoms with Crippen LogP contribution in [0.5, 0.6) is 0 Å². The van der Waals surface area contributed by atoms with Gasteiger partial charge in [0.25, 0.3) is 0 Å². The van der Waals surface area contributed by atoms with E-state index in [0.717, 1.165) is 36.4 Å². The molecule has 0 saturated carbocycles. The standard InChI is InChI=1S/C26H35ClN6O3S/c27-18-5-3-16(4-6-18)15-36-19-11-22(25(34)32-13-20-7-8-23(37-20)24(29)30)33(14-19)26(35)21(28)10-17-2-1-9-31-12-17/h3-8,17,19,21-22,31H,1-2,9-15,28H2,(H3,29,30)(H,32,34)/t17?,19-,21?,22+/m1/s1. The van der Waals surface area contributed by atoms with Gasteiger partial charge in [0, 0.05) is 22.9 Å². The van der Waals surface area contributed by atoms with Crippen LogP contribution in [-0.2, 0) is 27.5 Å². The van der Waals surface area contributed by atoms with Crippen molar-refractivity contribution in [2.75, 3.05) is 19.6 Å². The molecule has 2 aromatic rings. The van der Waals surface area contributed by atoms with Crippen LogP contribution in [0.4, 0.5) is 0 Å². The van der Waals surface area contributed by atoms with Crippen LogP contribution in [0, 0.1) is 11.3 Å². The van der Waals surface area contributed by atoms with Gasteiger partial charge < -0.3 is 31.7 Å². The number of nitrogens with one attached hydrogen (secondary N) is 3. The molecular formula is C26H35ClN6O3S. The number of likely N-dealkylation sites (tertiary alicyclic amines) is 1. The molecule has 2 fully saturated rings. The van der Waals surface area contributed by atoms with E-state index in [1.807, 2.05) is 30.3 Å². The Bertz CT molecular complexity index is 1090. The van der Waals surface area contributed by atoms with E-state index in [2.05, 4.69) is 10.6 Å². The summed E-state index contributed by atoms with van der Waals surface area (Å²) in [7, 11) is 0. The number of halogens is 1. The molecule has 0 spiro atoms. The molecule has 2 amide bonds. The van der Waals surface area contributed by atoms with Gasteiger partial charge in [-0.15, -0.1) is 11.3 Å². The number of thiophene rings is 1. The van der Waals surface area contributed by atoms with Crippen molar-refractivity contribution in [3.8, 4) is 0 Å². The van der Waals surface area contributed by atoms with E-state index >= 15 is 0 Å². The highest BCUT2D eigenvalue weighted by Gasteiger charge is 2.41. The maximum atomic E-state index is 13.4. The summed E-state index contributed by atoms with van der Waals surface area (Å²) in [5.41, 5.74) is 12.9. The summed E-state index contributed by atoms with van der Waals surface area (Å²) < 4.78 is 6.11. The Kier molecular flexibility index (Phi) is 9.55. The summed E-state index contributed by atoms with van der Waals surface area (Å²) >= 11 is 7.34. The number of piperidine rings is 1. The number of nitrogens with zero attached hydrogens (tertiary/aromatic N) is 1. The largest absolute Gasteiger partial charge is 0.383 e. The average Bonchev–Trinajstić information content (AvgIpc) is 3.55. The van der Waals surface area contributed by atoms with E-state index in [9.17, 15) is 9.59 Å². The quantitative estimate of drug-likeness (QED) is 0.228. The number of carbonyl (C=O) groups is 2. The van der Waals surface area contributed by atoms with Gasteiger partial charge in [-0.25, -0.2) is 0 Å². The highest BCUT2D eigenvalue weighted by molar-refractivity contribution is 7.14. The van der Waals surface area contributed by atoms with Crippen molar-refractivity contribution in [2.45, 2.75) is 57.0 Å². The molecule has 9 nitrogen and oxygen atoms in total. The van der Waals surface area contributed by atoms with Crippen LogP contribution in [0.3, 0.4) is 0 Å². The summed E-state index contributed by atoms with van der Waals surface area (Å²) in [5.74, 6) is -0.0969. The minimum absolute atomic E-state index is 0.00188. The zero-order chi connectivity index (χ0) is 26.4. The van der Waals surface area contributed by atoms with Crippen molar-refractivity contribution in [1.29, 1.82) is 5.41 Å². The predicted octanol–water partition coefficient (Wildman–Crippen LogP) is 2.21. The number of amidine groups is 1. The van der Waals surface area contributed by atoms with Crippen LogP contribution >= 0.6 is 22.9 Å². The van der Waals surface area contributed by atoms with Crippen molar-refractivity contribution in [1.82, 2.24) is 15.5 Å². The zero-order valence-corrected chi connectivity index (χ0v) is 22.3. The van der Waals surface area contributed by atoms with Gasteiger partial charge in [0.05, 0.1) is 30.2 Å². The Labute approximate surface area is 226 Å². The van der Waals surface area contributed by atoms with E-state index < -0.39 is 12.1 Å². The van der Waals surface area contributed by atoms with Gasteiger partial charge in [0.1, 0.15) is 11.9 Å². The molecule has 2 saturated heterocycles. The van der Waals surface area contributed by atoms with Crippen molar-refractivity contribution < 1.29 is 14.3 Å². The Morgan fingerprint density at radius 2 is 2.05 bits per heavy atom. The summed E-state index contributed by atoms with van der Waals surface area (Å²) in [4.78, 5) is 29.8. The lowest BCUT2D eigenvalue weighted by Crippen LogP contribution is -2.52. The molecule has 1 aromatic carbocycles. The lowest BCUT2D eigenvalue weighted by molar-refractivity contribution is -0.140. The molecule has 1 aromatic heterocycles. The fourth-order valence-electron chi connectivity index (χ4n) is 4.91. The molecule has 2 aliphatic rings. The zero-order valence-electron chi connectivity index (χ0n) is 20.8. The molecule has 0 bridgehead atoms. The van der Waals surface area contributed by atoms with E-state index in [0.29, 0.717) is 48.4 Å². The summed E-state index contributed by atoms with van der Waals surface area (Å²) in [6.45, 7) is 2.83. The Morgan fingerprint density at radius 3 is 2.73 bits per heavy atom. The first-order chi connectivity index (χ1) is 17.8. The van der Waals surface area contributed by atoms with Crippen LogP contribution < -0.4 is 22.1 Å². The number of ether oxygens (including phenoxy) is 1. The highest BCUT2D eigenvalue weighted by atomic mass is 35.5. The molecule has 200 valence electrons. The number of benzene rings is 1. The Morgan fingerprint density at radius 1 is 1.27 bits per heavy atom. The Hall–Kier alpha value is -2.50. The molecule has 0 aliphatic carbocycles. The number of hydrogen-bond acceptors (Lipinski definition) is 7. The normalized spacial score (nSPS) is 22.5. The van der Waals surface area contributed by atoms with Gasteiger partial charge in [-0.3, -0.25) is 15.0 Å². The summed E-state index contributed by atoms with van der Waals surface area (Å²) in [6.07, 6.45) is 2.83. The average molecular weight is 547 g/mol. The van der Waals surface area contributed by atoms with Crippen LogP contribution in [0.25, 0.3) is 0 Å². The lowest BCUT2D eigenvalue weighted by atomic mass is 9.92. The first-order valence-corrected chi connectivity index (χ1v) is 13.8. The first kappa shape index (κ1) is 27.5. The maximum absolute atomic E-state index is 13.4. The SMILES string of the molecule is N=C(N)c1ccc(CNC(=O)[C@@H]2C[C@@H](OCc3ccc(Cl)cc3)CN2C(=O)C(N)CC2CCCNC2)s1. The summed E-state index contributed by atoms with van der Waals surface area (Å²) in [5, 5.41) is 14.5. The van der Waals surface area contributed by atoms with Crippen molar-refractivity contribution >= 4 is 40.6 Å². The first-order valence-electron chi connectivity index (χ1n) is 12.6. The molecule has 11 heteroatoms.